The quantitative estimate of drug-likeness (QED) is 0.727. The first kappa shape index (κ1) is 21.1. The Morgan fingerprint density at radius 3 is 2.47 bits per heavy atom. The van der Waals surface area contributed by atoms with Crippen molar-refractivity contribution in [3.63, 3.8) is 0 Å². The first-order valence-corrected chi connectivity index (χ1v) is 12.5. The monoisotopic (exact) mass is 429 g/mol. The van der Waals surface area contributed by atoms with E-state index in [9.17, 15) is 4.21 Å². The maximum atomic E-state index is 12.7. The molecule has 0 N–H and O–H groups in total. The standard InChI is InChI=1S/C22H31N5O2S/c1-16(2)25-30(4,28)20-14-23-22(24-15-20)27-10-8-26(9-11-27)17(3)19-6-5-18-7-12-29-21(18)13-19/h5-6,13-17H,7-12H2,1-4H3/t17-,30?/m0/s1. The highest BCUT2D eigenvalue weighted by Gasteiger charge is 2.25. The minimum absolute atomic E-state index is 0.00878. The predicted octanol–water partition coefficient (Wildman–Crippen LogP) is 3.16. The highest BCUT2D eigenvalue weighted by molar-refractivity contribution is 7.93. The molecule has 0 saturated carbocycles. The molecule has 1 aromatic heterocycles. The van der Waals surface area contributed by atoms with E-state index in [1.54, 1.807) is 18.6 Å². The van der Waals surface area contributed by atoms with Crippen LogP contribution in [-0.2, 0) is 16.1 Å². The zero-order chi connectivity index (χ0) is 21.3. The Morgan fingerprint density at radius 1 is 1.10 bits per heavy atom. The minimum Gasteiger partial charge on any atom is -0.493 e. The lowest BCUT2D eigenvalue weighted by molar-refractivity contribution is 0.197. The summed E-state index contributed by atoms with van der Waals surface area (Å²) in [4.78, 5) is 14.2. The lowest BCUT2D eigenvalue weighted by Crippen LogP contribution is -2.47. The molecule has 8 heteroatoms. The summed E-state index contributed by atoms with van der Waals surface area (Å²) < 4.78 is 22.8. The molecule has 162 valence electrons. The summed E-state index contributed by atoms with van der Waals surface area (Å²) >= 11 is 0. The van der Waals surface area contributed by atoms with E-state index < -0.39 is 9.73 Å². The second kappa shape index (κ2) is 8.51. The fourth-order valence-corrected chi connectivity index (χ4v) is 5.52. The molecule has 7 nitrogen and oxygen atoms in total. The number of ether oxygens (including phenoxy) is 1. The van der Waals surface area contributed by atoms with E-state index in [1.807, 2.05) is 13.8 Å². The van der Waals surface area contributed by atoms with Crippen LogP contribution in [-0.4, -0.2) is 64.2 Å². The number of hydrogen-bond donors (Lipinski definition) is 0. The third-order valence-electron chi connectivity index (χ3n) is 5.81. The molecule has 1 unspecified atom stereocenters. The molecule has 0 bridgehead atoms. The number of hydrogen-bond acceptors (Lipinski definition) is 7. The van der Waals surface area contributed by atoms with Crippen molar-refractivity contribution in [1.82, 2.24) is 14.9 Å². The van der Waals surface area contributed by atoms with Gasteiger partial charge in [-0.3, -0.25) is 4.90 Å². The Kier molecular flexibility index (Phi) is 5.97. The average Bonchev–Trinajstić information content (AvgIpc) is 3.20. The van der Waals surface area contributed by atoms with E-state index in [0.717, 1.165) is 45.0 Å². The van der Waals surface area contributed by atoms with E-state index in [2.05, 4.69) is 49.3 Å². The summed E-state index contributed by atoms with van der Waals surface area (Å²) in [7, 11) is -2.45. The number of benzene rings is 1. The SMILES string of the molecule is CC(C)N=S(C)(=O)c1cnc(N2CCN([C@@H](C)c3ccc4c(c3)OCC4)CC2)nc1. The van der Waals surface area contributed by atoms with Crippen LogP contribution in [0.25, 0.3) is 0 Å². The molecule has 1 aromatic carbocycles. The van der Waals surface area contributed by atoms with Crippen molar-refractivity contribution in [2.45, 2.75) is 44.2 Å². The van der Waals surface area contributed by atoms with E-state index in [0.29, 0.717) is 16.9 Å². The smallest absolute Gasteiger partial charge is 0.225 e. The van der Waals surface area contributed by atoms with Crippen LogP contribution in [0.3, 0.4) is 0 Å². The molecule has 3 heterocycles. The third-order valence-corrected chi connectivity index (χ3v) is 7.72. The molecule has 0 spiro atoms. The highest BCUT2D eigenvalue weighted by atomic mass is 32.2. The lowest BCUT2D eigenvalue weighted by Gasteiger charge is -2.38. The molecule has 2 atom stereocenters. The van der Waals surface area contributed by atoms with Crippen LogP contribution in [0.15, 0.2) is 39.9 Å². The molecule has 4 rings (SSSR count). The first-order valence-electron chi connectivity index (χ1n) is 10.6. The van der Waals surface area contributed by atoms with Crippen LogP contribution in [0, 0.1) is 0 Å². The molecule has 30 heavy (non-hydrogen) atoms. The van der Waals surface area contributed by atoms with Crippen LogP contribution >= 0.6 is 0 Å². The van der Waals surface area contributed by atoms with Crippen molar-refractivity contribution in [3.05, 3.63) is 41.7 Å². The van der Waals surface area contributed by atoms with Crippen LogP contribution in [0.4, 0.5) is 5.95 Å². The molecular formula is C22H31N5O2S. The maximum absolute atomic E-state index is 12.7. The largest absolute Gasteiger partial charge is 0.493 e. The summed E-state index contributed by atoms with van der Waals surface area (Å²) in [6.07, 6.45) is 5.99. The van der Waals surface area contributed by atoms with Gasteiger partial charge in [0.25, 0.3) is 0 Å². The van der Waals surface area contributed by atoms with Gasteiger partial charge in [-0.15, -0.1) is 0 Å². The van der Waals surface area contributed by atoms with Gasteiger partial charge in [-0.25, -0.2) is 18.5 Å². The van der Waals surface area contributed by atoms with E-state index in [-0.39, 0.29) is 6.04 Å². The van der Waals surface area contributed by atoms with Gasteiger partial charge in [-0.2, -0.15) is 0 Å². The fourth-order valence-electron chi connectivity index (χ4n) is 4.09. The van der Waals surface area contributed by atoms with Gasteiger partial charge in [0.2, 0.25) is 5.95 Å². The number of rotatable bonds is 5. The van der Waals surface area contributed by atoms with Crippen LogP contribution in [0.5, 0.6) is 5.75 Å². The zero-order valence-electron chi connectivity index (χ0n) is 18.2. The van der Waals surface area contributed by atoms with Crippen LogP contribution in [0.1, 0.15) is 37.9 Å². The lowest BCUT2D eigenvalue weighted by atomic mass is 10.0. The molecule has 2 aromatic rings. The van der Waals surface area contributed by atoms with E-state index in [1.165, 1.54) is 11.1 Å². The van der Waals surface area contributed by atoms with Crippen molar-refractivity contribution in [2.75, 3.05) is 43.9 Å². The summed E-state index contributed by atoms with van der Waals surface area (Å²) in [5, 5.41) is 0. The number of piperazine rings is 1. The number of anilines is 1. The molecule has 2 aliphatic rings. The molecule has 1 fully saturated rings. The van der Waals surface area contributed by atoms with Gasteiger partial charge in [-0.1, -0.05) is 12.1 Å². The van der Waals surface area contributed by atoms with Gasteiger partial charge < -0.3 is 9.64 Å². The van der Waals surface area contributed by atoms with Gasteiger partial charge in [-0.05, 0) is 38.0 Å². The van der Waals surface area contributed by atoms with E-state index >= 15 is 0 Å². The number of fused-ring (bicyclic) bond motifs is 1. The highest BCUT2D eigenvalue weighted by Crippen LogP contribution is 2.31. The Hall–Kier alpha value is -2.19. The molecule has 0 aliphatic carbocycles. The van der Waals surface area contributed by atoms with Crippen LogP contribution < -0.4 is 9.64 Å². The van der Waals surface area contributed by atoms with Crippen molar-refractivity contribution in [2.24, 2.45) is 4.36 Å². The van der Waals surface area contributed by atoms with Crippen LogP contribution in [0.2, 0.25) is 0 Å². The average molecular weight is 430 g/mol. The normalized spacial score (nSPS) is 19.8. The van der Waals surface area contributed by atoms with E-state index in [4.69, 9.17) is 4.74 Å². The Balaban J connectivity index is 1.39. The summed E-state index contributed by atoms with van der Waals surface area (Å²) in [6, 6.07) is 6.99. The molecule has 0 amide bonds. The summed E-state index contributed by atoms with van der Waals surface area (Å²) in [5.74, 6) is 1.74. The van der Waals surface area contributed by atoms with Crippen molar-refractivity contribution in [3.8, 4) is 5.75 Å². The summed E-state index contributed by atoms with van der Waals surface area (Å²) in [6.45, 7) is 10.5. The third kappa shape index (κ3) is 4.44. The second-order valence-corrected chi connectivity index (χ2v) is 10.7. The molecule has 2 aliphatic heterocycles. The van der Waals surface area contributed by atoms with Gasteiger partial charge in [0.05, 0.1) is 27.3 Å². The summed E-state index contributed by atoms with van der Waals surface area (Å²) in [5.41, 5.74) is 2.62. The topological polar surface area (TPSA) is 70.9 Å². The molecule has 1 saturated heterocycles. The Labute approximate surface area is 179 Å². The minimum atomic E-state index is -2.45. The molecular weight excluding hydrogens is 398 g/mol. The van der Waals surface area contributed by atoms with Crippen molar-refractivity contribution in [1.29, 1.82) is 0 Å². The first-order chi connectivity index (χ1) is 14.3. The zero-order valence-corrected chi connectivity index (χ0v) is 19.1. The number of aromatic nitrogens is 2. The van der Waals surface area contributed by atoms with Gasteiger partial charge in [0, 0.05) is 57.3 Å². The van der Waals surface area contributed by atoms with Gasteiger partial charge in [0.15, 0.2) is 0 Å². The van der Waals surface area contributed by atoms with Crippen molar-refractivity contribution < 1.29 is 8.95 Å². The molecule has 0 radical (unpaired) electrons. The van der Waals surface area contributed by atoms with Gasteiger partial charge in [0.1, 0.15) is 5.75 Å². The predicted molar refractivity (Wildman–Crippen MR) is 120 cm³/mol. The second-order valence-electron chi connectivity index (χ2n) is 8.39. The Morgan fingerprint density at radius 2 is 1.80 bits per heavy atom. The number of nitrogens with zero attached hydrogens (tertiary/aromatic N) is 5. The van der Waals surface area contributed by atoms with Crippen molar-refractivity contribution >= 4 is 15.7 Å². The van der Waals surface area contributed by atoms with Gasteiger partial charge >= 0.3 is 0 Å². The fraction of sp³-hybridized carbons (Fsp3) is 0.545. The maximum Gasteiger partial charge on any atom is 0.225 e. The Bertz CT molecular complexity index is 1010.